The molecule has 1 N–H and O–H groups in total. The summed E-state index contributed by atoms with van der Waals surface area (Å²) in [5.74, 6) is 0. The van der Waals surface area contributed by atoms with Gasteiger partial charge < -0.3 is 5.32 Å². The second kappa shape index (κ2) is 17.0. The molecule has 1 heteroatoms. The van der Waals surface area contributed by atoms with E-state index >= 15 is 0 Å². The summed E-state index contributed by atoms with van der Waals surface area (Å²) in [6.07, 6.45) is 9.51. The summed E-state index contributed by atoms with van der Waals surface area (Å²) in [5, 5.41) is 3.06. The van der Waals surface area contributed by atoms with E-state index in [1.54, 1.807) is 0 Å². The molecule has 0 rings (SSSR count). The van der Waals surface area contributed by atoms with E-state index in [1.807, 2.05) is 7.05 Å². The van der Waals surface area contributed by atoms with Crippen molar-refractivity contribution < 1.29 is 0 Å². The fraction of sp³-hybridized carbons (Fsp3) is 0.818. The van der Waals surface area contributed by atoms with Crippen LogP contribution in [0.2, 0.25) is 0 Å². The monoisotopic (exact) mass is 171 g/mol. The van der Waals surface area contributed by atoms with E-state index in [9.17, 15) is 0 Å². The lowest BCUT2D eigenvalue weighted by atomic mass is 10.2. The van der Waals surface area contributed by atoms with Crippen molar-refractivity contribution in [3.8, 4) is 0 Å². The number of rotatable bonds is 5. The van der Waals surface area contributed by atoms with Crippen molar-refractivity contribution in [2.45, 2.75) is 46.5 Å². The van der Waals surface area contributed by atoms with Crippen molar-refractivity contribution in [2.75, 3.05) is 13.6 Å². The fourth-order valence-corrected chi connectivity index (χ4v) is 0.641. The predicted molar refractivity (Wildman–Crippen MR) is 58.6 cm³/mol. The highest BCUT2D eigenvalue weighted by molar-refractivity contribution is 4.82. The van der Waals surface area contributed by atoms with Crippen molar-refractivity contribution in [3.05, 3.63) is 12.2 Å². The van der Waals surface area contributed by atoms with E-state index in [2.05, 4.69) is 38.2 Å². The largest absolute Gasteiger partial charge is 0.316 e. The van der Waals surface area contributed by atoms with Crippen molar-refractivity contribution in [1.82, 2.24) is 5.32 Å². The molecule has 0 fully saturated rings. The van der Waals surface area contributed by atoms with Gasteiger partial charge in [0.1, 0.15) is 0 Å². The van der Waals surface area contributed by atoms with Gasteiger partial charge in [-0.3, -0.25) is 0 Å². The van der Waals surface area contributed by atoms with Crippen LogP contribution in [0.15, 0.2) is 12.2 Å². The smallest absolute Gasteiger partial charge is 0.0131 e. The van der Waals surface area contributed by atoms with Gasteiger partial charge in [0.15, 0.2) is 0 Å². The van der Waals surface area contributed by atoms with Gasteiger partial charge in [0.05, 0.1) is 0 Å². The molecule has 0 saturated carbocycles. The summed E-state index contributed by atoms with van der Waals surface area (Å²) >= 11 is 0. The van der Waals surface area contributed by atoms with Crippen LogP contribution in [0.4, 0.5) is 0 Å². The third-order valence-electron chi connectivity index (χ3n) is 1.21. The molecule has 0 heterocycles. The molecule has 0 radical (unpaired) electrons. The molecule has 12 heavy (non-hydrogen) atoms. The maximum Gasteiger partial charge on any atom is 0.0131 e. The Kier molecular flexibility index (Phi) is 20.1. The minimum atomic E-state index is 1.00. The first kappa shape index (κ1) is 14.2. The number of allylic oxidation sites excluding steroid dienone is 1. The Morgan fingerprint density at radius 3 is 2.08 bits per heavy atom. The van der Waals surface area contributed by atoms with Gasteiger partial charge in [-0.05, 0) is 13.5 Å². The molecule has 0 saturated heterocycles. The summed E-state index contributed by atoms with van der Waals surface area (Å²) < 4.78 is 0. The van der Waals surface area contributed by atoms with Gasteiger partial charge in [-0.1, -0.05) is 52.2 Å². The van der Waals surface area contributed by atoms with E-state index in [4.69, 9.17) is 0 Å². The molecule has 0 aliphatic heterocycles. The highest BCUT2D eigenvalue weighted by Gasteiger charge is 1.75. The molecule has 0 aromatic carbocycles. The van der Waals surface area contributed by atoms with Crippen molar-refractivity contribution >= 4 is 0 Å². The summed E-state index contributed by atoms with van der Waals surface area (Å²) in [4.78, 5) is 0. The zero-order valence-corrected chi connectivity index (χ0v) is 9.19. The quantitative estimate of drug-likeness (QED) is 0.494. The zero-order valence-electron chi connectivity index (χ0n) is 9.19. The Labute approximate surface area is 78.3 Å². The third kappa shape index (κ3) is 22.6. The maximum absolute atomic E-state index is 3.06. The molecule has 0 amide bonds. The van der Waals surface area contributed by atoms with Gasteiger partial charge in [0, 0.05) is 6.54 Å². The van der Waals surface area contributed by atoms with Crippen molar-refractivity contribution in [2.24, 2.45) is 0 Å². The van der Waals surface area contributed by atoms with E-state index in [0.29, 0.717) is 0 Å². The Morgan fingerprint density at radius 1 is 1.08 bits per heavy atom. The molecule has 0 unspecified atom stereocenters. The molecule has 0 bridgehead atoms. The van der Waals surface area contributed by atoms with Crippen LogP contribution < -0.4 is 5.32 Å². The highest BCUT2D eigenvalue weighted by atomic mass is 14.8. The van der Waals surface area contributed by atoms with E-state index < -0.39 is 0 Å². The van der Waals surface area contributed by atoms with Crippen LogP contribution in [-0.2, 0) is 0 Å². The molecule has 1 nitrogen and oxygen atoms in total. The van der Waals surface area contributed by atoms with Crippen LogP contribution in [0.3, 0.4) is 0 Å². The van der Waals surface area contributed by atoms with Crippen LogP contribution in [0, 0.1) is 0 Å². The van der Waals surface area contributed by atoms with Gasteiger partial charge in [-0.25, -0.2) is 0 Å². The van der Waals surface area contributed by atoms with Crippen LogP contribution in [0.1, 0.15) is 46.5 Å². The van der Waals surface area contributed by atoms with Crippen LogP contribution in [-0.4, -0.2) is 13.6 Å². The SMILES string of the molecule is CCC.CCCC/C=C\CNC. The lowest BCUT2D eigenvalue weighted by molar-refractivity contribution is 0.810. The first-order chi connectivity index (χ1) is 5.83. The summed E-state index contributed by atoms with van der Waals surface area (Å²) in [6, 6.07) is 0. The van der Waals surface area contributed by atoms with Gasteiger partial charge >= 0.3 is 0 Å². The fourth-order valence-electron chi connectivity index (χ4n) is 0.641. The topological polar surface area (TPSA) is 12.0 Å². The standard InChI is InChI=1S/C8H17N.C3H8/c1-3-4-5-6-7-8-9-2;1-3-2/h6-7,9H,3-5,8H2,1-2H3;3H2,1-2H3/b7-6-;. The van der Waals surface area contributed by atoms with E-state index in [-0.39, 0.29) is 0 Å². The second-order valence-electron chi connectivity index (χ2n) is 2.88. The summed E-state index contributed by atoms with van der Waals surface area (Å²) in [6.45, 7) is 7.47. The Bertz CT molecular complexity index is 77.1. The molecule has 0 spiro atoms. The van der Waals surface area contributed by atoms with Crippen molar-refractivity contribution in [1.29, 1.82) is 0 Å². The molecule has 0 aromatic rings. The number of nitrogens with one attached hydrogen (secondary N) is 1. The van der Waals surface area contributed by atoms with Crippen LogP contribution in [0.25, 0.3) is 0 Å². The lowest BCUT2D eigenvalue weighted by Crippen LogP contribution is -2.03. The number of hydrogen-bond acceptors (Lipinski definition) is 1. The minimum absolute atomic E-state index is 1.00. The Hall–Kier alpha value is -0.300. The number of unbranched alkanes of at least 4 members (excludes halogenated alkanes) is 2. The zero-order chi connectivity index (χ0) is 9.66. The van der Waals surface area contributed by atoms with Crippen LogP contribution >= 0.6 is 0 Å². The summed E-state index contributed by atoms with van der Waals surface area (Å²) in [5.41, 5.74) is 0. The number of likely N-dealkylation sites (N-methyl/N-ethyl adjacent to an activating group) is 1. The lowest BCUT2D eigenvalue weighted by Gasteiger charge is -1.88. The normalized spacial score (nSPS) is 9.67. The molecule has 74 valence electrons. The predicted octanol–water partition coefficient (Wildman–Crippen LogP) is 3.37. The Morgan fingerprint density at radius 2 is 1.67 bits per heavy atom. The molecule has 0 aromatic heterocycles. The average molecular weight is 171 g/mol. The third-order valence-corrected chi connectivity index (χ3v) is 1.21. The maximum atomic E-state index is 3.06. The average Bonchev–Trinajstić information content (AvgIpc) is 2.06. The first-order valence-corrected chi connectivity index (χ1v) is 5.12. The van der Waals surface area contributed by atoms with Gasteiger partial charge in [0.2, 0.25) is 0 Å². The highest BCUT2D eigenvalue weighted by Crippen LogP contribution is 1.93. The first-order valence-electron chi connectivity index (χ1n) is 5.12. The van der Waals surface area contributed by atoms with E-state index in [1.165, 1.54) is 25.7 Å². The van der Waals surface area contributed by atoms with Gasteiger partial charge in [0.25, 0.3) is 0 Å². The molecule has 0 atom stereocenters. The molecular weight excluding hydrogens is 146 g/mol. The van der Waals surface area contributed by atoms with Gasteiger partial charge in [-0.2, -0.15) is 0 Å². The van der Waals surface area contributed by atoms with Crippen molar-refractivity contribution in [3.63, 3.8) is 0 Å². The molecule has 0 aliphatic carbocycles. The van der Waals surface area contributed by atoms with E-state index in [0.717, 1.165) is 6.54 Å². The minimum Gasteiger partial charge on any atom is -0.316 e. The molecule has 0 aliphatic rings. The number of hydrogen-bond donors (Lipinski definition) is 1. The molecular formula is C11H25N. The van der Waals surface area contributed by atoms with Gasteiger partial charge in [-0.15, -0.1) is 0 Å². The second-order valence-corrected chi connectivity index (χ2v) is 2.88. The van der Waals surface area contributed by atoms with Crippen LogP contribution in [0.5, 0.6) is 0 Å². The Balaban J connectivity index is 0. The summed E-state index contributed by atoms with van der Waals surface area (Å²) in [7, 11) is 1.96.